The SMILES string of the molecule is O=C(O)C1CNC(c2ccc(OCC3CCC3)c(Br)c2)C1. The second-order valence-corrected chi connectivity index (χ2v) is 6.88. The van der Waals surface area contributed by atoms with Crippen LogP contribution in [0.15, 0.2) is 22.7 Å². The standard InChI is InChI=1S/C16H20BrNO3/c17-13-6-11(14-7-12(8-18-14)16(19)20)4-5-15(13)21-9-10-2-1-3-10/h4-6,10,12,14,18H,1-3,7-9H2,(H,19,20). The lowest BCUT2D eigenvalue weighted by Crippen LogP contribution is -2.19. The number of carboxylic acid groups (broad SMARTS) is 1. The van der Waals surface area contributed by atoms with Gasteiger partial charge in [-0.25, -0.2) is 0 Å². The van der Waals surface area contributed by atoms with Crippen molar-refractivity contribution in [3.63, 3.8) is 0 Å². The molecular weight excluding hydrogens is 334 g/mol. The second kappa shape index (κ2) is 6.36. The molecule has 21 heavy (non-hydrogen) atoms. The molecule has 1 aliphatic carbocycles. The molecule has 1 saturated heterocycles. The van der Waals surface area contributed by atoms with Crippen molar-refractivity contribution < 1.29 is 14.6 Å². The molecule has 0 spiro atoms. The number of benzene rings is 1. The molecule has 0 radical (unpaired) electrons. The third-order valence-electron chi connectivity index (χ3n) is 4.54. The monoisotopic (exact) mass is 353 g/mol. The van der Waals surface area contributed by atoms with Crippen molar-refractivity contribution in [1.82, 2.24) is 5.32 Å². The number of hydrogen-bond donors (Lipinski definition) is 2. The van der Waals surface area contributed by atoms with Crippen LogP contribution >= 0.6 is 15.9 Å². The van der Waals surface area contributed by atoms with E-state index in [0.717, 1.165) is 22.4 Å². The van der Waals surface area contributed by atoms with Gasteiger partial charge >= 0.3 is 5.97 Å². The second-order valence-electron chi connectivity index (χ2n) is 6.03. The maximum absolute atomic E-state index is 11.0. The quantitative estimate of drug-likeness (QED) is 0.851. The summed E-state index contributed by atoms with van der Waals surface area (Å²) in [5, 5.41) is 12.3. The van der Waals surface area contributed by atoms with Gasteiger partial charge in [0, 0.05) is 12.6 Å². The van der Waals surface area contributed by atoms with Gasteiger partial charge in [-0.15, -0.1) is 0 Å². The summed E-state index contributed by atoms with van der Waals surface area (Å²) < 4.78 is 6.80. The summed E-state index contributed by atoms with van der Waals surface area (Å²) in [6.07, 6.45) is 4.52. The maximum atomic E-state index is 11.0. The zero-order valence-corrected chi connectivity index (χ0v) is 13.4. The molecular formula is C16H20BrNO3. The molecule has 3 rings (SSSR count). The Morgan fingerprint density at radius 3 is 2.81 bits per heavy atom. The van der Waals surface area contributed by atoms with Crippen molar-refractivity contribution in [1.29, 1.82) is 0 Å². The molecule has 1 aromatic rings. The molecule has 4 nitrogen and oxygen atoms in total. The van der Waals surface area contributed by atoms with Crippen LogP contribution < -0.4 is 10.1 Å². The number of halogens is 1. The lowest BCUT2D eigenvalue weighted by Gasteiger charge is -2.25. The van der Waals surface area contributed by atoms with E-state index >= 15 is 0 Å². The van der Waals surface area contributed by atoms with Gasteiger partial charge in [0.2, 0.25) is 0 Å². The molecule has 1 aromatic carbocycles. The fourth-order valence-electron chi connectivity index (χ4n) is 2.90. The van der Waals surface area contributed by atoms with Gasteiger partial charge in [-0.1, -0.05) is 12.5 Å². The molecule has 0 bridgehead atoms. The summed E-state index contributed by atoms with van der Waals surface area (Å²) in [6.45, 7) is 1.33. The van der Waals surface area contributed by atoms with Crippen molar-refractivity contribution in [3.05, 3.63) is 28.2 Å². The van der Waals surface area contributed by atoms with Crippen LogP contribution in [0, 0.1) is 11.8 Å². The van der Waals surface area contributed by atoms with Crippen LogP contribution in [0.4, 0.5) is 0 Å². The van der Waals surface area contributed by atoms with Crippen LogP contribution in [0.3, 0.4) is 0 Å². The summed E-state index contributed by atoms with van der Waals surface area (Å²) in [7, 11) is 0. The first-order valence-electron chi connectivity index (χ1n) is 7.52. The Bertz CT molecular complexity index is 530. The fourth-order valence-corrected chi connectivity index (χ4v) is 3.41. The van der Waals surface area contributed by atoms with Crippen LogP contribution in [0.1, 0.15) is 37.3 Å². The van der Waals surface area contributed by atoms with Gasteiger partial charge in [0.15, 0.2) is 0 Å². The van der Waals surface area contributed by atoms with E-state index in [4.69, 9.17) is 9.84 Å². The minimum absolute atomic E-state index is 0.114. The first kappa shape index (κ1) is 14.9. The van der Waals surface area contributed by atoms with Crippen LogP contribution in [-0.4, -0.2) is 24.2 Å². The van der Waals surface area contributed by atoms with Crippen molar-refractivity contribution in [2.45, 2.75) is 31.7 Å². The van der Waals surface area contributed by atoms with Crippen LogP contribution in [-0.2, 0) is 4.79 Å². The predicted molar refractivity (Wildman–Crippen MR) is 83.5 cm³/mol. The van der Waals surface area contributed by atoms with Gasteiger partial charge in [0.1, 0.15) is 5.75 Å². The molecule has 2 N–H and O–H groups in total. The van der Waals surface area contributed by atoms with Crippen molar-refractivity contribution in [3.8, 4) is 5.75 Å². The summed E-state index contributed by atoms with van der Waals surface area (Å²) in [4.78, 5) is 11.0. The Morgan fingerprint density at radius 1 is 1.43 bits per heavy atom. The average molecular weight is 354 g/mol. The first-order chi connectivity index (χ1) is 10.1. The highest BCUT2D eigenvalue weighted by atomic mass is 79.9. The molecule has 2 unspecified atom stereocenters. The van der Waals surface area contributed by atoms with Gasteiger partial charge in [-0.05, 0) is 58.8 Å². The molecule has 0 amide bonds. The van der Waals surface area contributed by atoms with Gasteiger partial charge in [-0.2, -0.15) is 0 Å². The van der Waals surface area contributed by atoms with Crippen LogP contribution in [0.5, 0.6) is 5.75 Å². The molecule has 1 heterocycles. The molecule has 114 valence electrons. The van der Waals surface area contributed by atoms with Crippen LogP contribution in [0.25, 0.3) is 0 Å². The Kier molecular flexibility index (Phi) is 4.50. The van der Waals surface area contributed by atoms with E-state index in [1.165, 1.54) is 19.3 Å². The molecule has 2 aliphatic rings. The zero-order valence-electron chi connectivity index (χ0n) is 11.8. The van der Waals surface area contributed by atoms with E-state index in [9.17, 15) is 4.79 Å². The molecule has 1 aliphatic heterocycles. The van der Waals surface area contributed by atoms with E-state index in [2.05, 4.69) is 21.2 Å². The van der Waals surface area contributed by atoms with Crippen molar-refractivity contribution in [2.24, 2.45) is 11.8 Å². The van der Waals surface area contributed by atoms with Crippen LogP contribution in [0.2, 0.25) is 0 Å². The normalized spacial score (nSPS) is 25.6. The lowest BCUT2D eigenvalue weighted by molar-refractivity contribution is -0.141. The number of aliphatic carboxylic acids is 1. The summed E-state index contributed by atoms with van der Waals surface area (Å²) in [5.41, 5.74) is 1.11. The zero-order chi connectivity index (χ0) is 14.8. The third-order valence-corrected chi connectivity index (χ3v) is 5.16. The minimum atomic E-state index is -0.718. The maximum Gasteiger partial charge on any atom is 0.307 e. The van der Waals surface area contributed by atoms with Gasteiger partial charge in [0.25, 0.3) is 0 Å². The van der Waals surface area contributed by atoms with E-state index in [1.54, 1.807) is 0 Å². The Balaban J connectivity index is 1.62. The number of nitrogens with one attached hydrogen (secondary N) is 1. The summed E-state index contributed by atoms with van der Waals surface area (Å²) in [5.74, 6) is 0.579. The molecule has 2 atom stereocenters. The summed E-state index contributed by atoms with van der Waals surface area (Å²) >= 11 is 3.56. The highest BCUT2D eigenvalue weighted by Crippen LogP contribution is 2.34. The lowest BCUT2D eigenvalue weighted by atomic mass is 9.86. The number of carbonyl (C=O) groups is 1. The molecule has 5 heteroatoms. The van der Waals surface area contributed by atoms with E-state index in [0.29, 0.717) is 18.9 Å². The smallest absolute Gasteiger partial charge is 0.307 e. The number of rotatable bonds is 5. The van der Waals surface area contributed by atoms with E-state index in [1.807, 2.05) is 18.2 Å². The molecule has 1 saturated carbocycles. The molecule has 0 aromatic heterocycles. The Labute approximate surface area is 133 Å². The predicted octanol–water partition coefficient (Wildman–Crippen LogP) is 3.36. The van der Waals surface area contributed by atoms with Crippen molar-refractivity contribution >= 4 is 21.9 Å². The first-order valence-corrected chi connectivity index (χ1v) is 8.31. The van der Waals surface area contributed by atoms with Gasteiger partial charge in [0.05, 0.1) is 17.0 Å². The minimum Gasteiger partial charge on any atom is -0.492 e. The highest BCUT2D eigenvalue weighted by Gasteiger charge is 2.30. The number of carboxylic acids is 1. The van der Waals surface area contributed by atoms with Crippen molar-refractivity contribution in [2.75, 3.05) is 13.2 Å². The van der Waals surface area contributed by atoms with Gasteiger partial charge < -0.3 is 15.2 Å². The largest absolute Gasteiger partial charge is 0.492 e. The summed E-state index contributed by atoms with van der Waals surface area (Å²) in [6, 6.07) is 6.16. The third kappa shape index (κ3) is 3.40. The number of ether oxygens (including phenoxy) is 1. The number of hydrogen-bond acceptors (Lipinski definition) is 3. The van der Waals surface area contributed by atoms with E-state index < -0.39 is 5.97 Å². The topological polar surface area (TPSA) is 58.6 Å². The molecule has 2 fully saturated rings. The highest BCUT2D eigenvalue weighted by molar-refractivity contribution is 9.10. The van der Waals surface area contributed by atoms with E-state index in [-0.39, 0.29) is 12.0 Å². The average Bonchev–Trinajstić information content (AvgIpc) is 2.88. The Hall–Kier alpha value is -1.07. The van der Waals surface area contributed by atoms with Gasteiger partial charge in [-0.3, -0.25) is 4.79 Å². The fraction of sp³-hybridized carbons (Fsp3) is 0.562. The Morgan fingerprint density at radius 2 is 2.24 bits per heavy atom.